The number of carbonyl (C=O) groups excluding carboxylic acids is 1. The fourth-order valence-electron chi connectivity index (χ4n) is 4.97. The van der Waals surface area contributed by atoms with Crippen LogP contribution in [0, 0.1) is 5.92 Å². The lowest BCUT2D eigenvalue weighted by Gasteiger charge is -2.25. The maximum atomic E-state index is 13.2. The molecule has 4 aliphatic rings. The van der Waals surface area contributed by atoms with Crippen molar-refractivity contribution < 1.29 is 14.6 Å². The number of aliphatic hydroxyl groups excluding tert-OH is 1. The first kappa shape index (κ1) is 18.3. The molecule has 1 aromatic heterocycles. The molecule has 1 aromatic rings. The summed E-state index contributed by atoms with van der Waals surface area (Å²) in [6, 6.07) is 1.59. The molecular weight excluding hydrogens is 368 g/mol. The van der Waals surface area contributed by atoms with E-state index in [0.29, 0.717) is 17.7 Å². The van der Waals surface area contributed by atoms with Gasteiger partial charge >= 0.3 is 5.97 Å². The molecule has 0 saturated heterocycles. The fourth-order valence-corrected chi connectivity index (χ4v) is 4.97. The van der Waals surface area contributed by atoms with Crippen LogP contribution in [0.1, 0.15) is 62.1 Å². The van der Waals surface area contributed by atoms with Gasteiger partial charge in [0.2, 0.25) is 0 Å². The molecule has 3 atom stereocenters. The summed E-state index contributed by atoms with van der Waals surface area (Å²) in [5.74, 6) is -0.601. The summed E-state index contributed by atoms with van der Waals surface area (Å²) in [5.41, 5.74) is 6.51. The van der Waals surface area contributed by atoms with Crippen LogP contribution in [0.3, 0.4) is 0 Å². The fraction of sp³-hybridized carbons (Fsp3) is 0.435. The molecule has 0 saturated carbocycles. The lowest BCUT2D eigenvalue weighted by Crippen LogP contribution is -2.33. The SMILES string of the molecule is CC1=C2\C=C(CCC2)[C@@H]2Cn3c(cc4c(c3=O)COC(=O)[C@H]4O)C2/N=C/C=C/1C. The van der Waals surface area contributed by atoms with Gasteiger partial charge in [0.15, 0.2) is 6.10 Å². The minimum Gasteiger partial charge on any atom is -0.458 e. The molecule has 6 nitrogen and oxygen atoms in total. The molecule has 1 unspecified atom stereocenters. The van der Waals surface area contributed by atoms with Crippen molar-refractivity contribution in [2.45, 2.75) is 58.4 Å². The van der Waals surface area contributed by atoms with E-state index in [9.17, 15) is 14.7 Å². The highest BCUT2D eigenvalue weighted by Crippen LogP contribution is 2.44. The standard InChI is InChI=1S/C23H24N2O4/c1-12-6-7-24-20-17(15-5-3-4-14(8-15)13(12)2)10-25-19(20)9-16-18(22(25)27)11-29-23(28)21(16)26/h6-9,17,20-21,26H,3-5,10-11H2,1-2H3/b12-6+,14-13-,24-7+/t17-,20?,21-/m0/s1. The van der Waals surface area contributed by atoms with E-state index in [-0.39, 0.29) is 24.1 Å². The highest BCUT2D eigenvalue weighted by Gasteiger charge is 2.39. The van der Waals surface area contributed by atoms with Crippen molar-refractivity contribution >= 4 is 12.2 Å². The molecule has 150 valence electrons. The zero-order valence-electron chi connectivity index (χ0n) is 16.6. The summed E-state index contributed by atoms with van der Waals surface area (Å²) in [6.45, 7) is 4.74. The van der Waals surface area contributed by atoms with Crippen LogP contribution in [0.5, 0.6) is 0 Å². The number of aliphatic hydroxyl groups is 1. The number of nitrogens with zero attached hydrogens (tertiary/aromatic N) is 2. The quantitative estimate of drug-likeness (QED) is 0.688. The normalized spacial score (nSPS) is 33.5. The van der Waals surface area contributed by atoms with Gasteiger partial charge in [-0.2, -0.15) is 0 Å². The van der Waals surface area contributed by atoms with Crippen LogP contribution in [0.4, 0.5) is 0 Å². The van der Waals surface area contributed by atoms with E-state index < -0.39 is 12.1 Å². The van der Waals surface area contributed by atoms with E-state index in [2.05, 4.69) is 19.9 Å². The highest BCUT2D eigenvalue weighted by molar-refractivity contribution is 5.78. The number of fused-ring (bicyclic) bond motifs is 6. The molecule has 0 fully saturated rings. The number of cyclic esters (lactones) is 1. The third-order valence-corrected chi connectivity index (χ3v) is 6.80. The van der Waals surface area contributed by atoms with Gasteiger partial charge < -0.3 is 14.4 Å². The molecule has 5 rings (SSSR count). The number of carbonyl (C=O) groups is 1. The second-order valence-electron chi connectivity index (χ2n) is 8.35. The predicted octanol–water partition coefficient (Wildman–Crippen LogP) is 3.07. The number of hydrogen-bond donors (Lipinski definition) is 1. The van der Waals surface area contributed by atoms with Crippen LogP contribution in [0.2, 0.25) is 0 Å². The first-order chi connectivity index (χ1) is 14.0. The molecular formula is C23H24N2O4. The number of esters is 1. The van der Waals surface area contributed by atoms with Crippen molar-refractivity contribution in [1.29, 1.82) is 0 Å². The molecule has 2 bridgehead atoms. The summed E-state index contributed by atoms with van der Waals surface area (Å²) in [6.07, 6.45) is 7.94. The Balaban J connectivity index is 1.69. The summed E-state index contributed by atoms with van der Waals surface area (Å²) >= 11 is 0. The highest BCUT2D eigenvalue weighted by atomic mass is 16.5. The van der Waals surface area contributed by atoms with Crippen molar-refractivity contribution in [2.75, 3.05) is 0 Å². The van der Waals surface area contributed by atoms with Crippen LogP contribution in [0.25, 0.3) is 0 Å². The number of hydrogen-bond acceptors (Lipinski definition) is 5. The summed E-state index contributed by atoms with van der Waals surface area (Å²) < 4.78 is 6.74. The number of ether oxygens (including phenoxy) is 1. The molecule has 29 heavy (non-hydrogen) atoms. The number of aromatic nitrogens is 1. The zero-order valence-corrected chi connectivity index (χ0v) is 16.6. The monoisotopic (exact) mass is 392 g/mol. The van der Waals surface area contributed by atoms with Gasteiger partial charge in [0.25, 0.3) is 5.56 Å². The van der Waals surface area contributed by atoms with Gasteiger partial charge in [-0.3, -0.25) is 9.79 Å². The maximum absolute atomic E-state index is 13.2. The summed E-state index contributed by atoms with van der Waals surface area (Å²) in [7, 11) is 0. The van der Waals surface area contributed by atoms with Crippen LogP contribution < -0.4 is 5.56 Å². The Morgan fingerprint density at radius 2 is 2.07 bits per heavy atom. The number of aliphatic imine (C=N–C) groups is 1. The van der Waals surface area contributed by atoms with Gasteiger partial charge in [-0.25, -0.2) is 4.79 Å². The third kappa shape index (κ3) is 2.77. The Hall–Kier alpha value is -2.73. The van der Waals surface area contributed by atoms with E-state index in [4.69, 9.17) is 9.73 Å². The van der Waals surface area contributed by atoms with Crippen molar-refractivity contribution in [3.05, 3.63) is 67.7 Å². The lowest BCUT2D eigenvalue weighted by atomic mass is 9.81. The Labute approximate surface area is 168 Å². The van der Waals surface area contributed by atoms with E-state index >= 15 is 0 Å². The molecule has 6 heteroatoms. The first-order valence-corrected chi connectivity index (χ1v) is 10.2. The second kappa shape index (κ2) is 6.66. The largest absolute Gasteiger partial charge is 0.458 e. The van der Waals surface area contributed by atoms with Gasteiger partial charge in [-0.15, -0.1) is 0 Å². The van der Waals surface area contributed by atoms with Crippen LogP contribution in [-0.2, 0) is 22.7 Å². The molecule has 0 amide bonds. The van der Waals surface area contributed by atoms with Crippen LogP contribution >= 0.6 is 0 Å². The topological polar surface area (TPSA) is 80.9 Å². The zero-order chi connectivity index (χ0) is 20.3. The molecule has 1 N–H and O–H groups in total. The Morgan fingerprint density at radius 3 is 2.90 bits per heavy atom. The minimum atomic E-state index is -1.41. The number of rotatable bonds is 0. The molecule has 3 aliphatic heterocycles. The Bertz CT molecular complexity index is 1100. The van der Waals surface area contributed by atoms with Crippen LogP contribution in [-0.4, -0.2) is 21.9 Å². The van der Waals surface area contributed by atoms with Crippen molar-refractivity contribution in [3.63, 3.8) is 0 Å². The molecule has 0 radical (unpaired) electrons. The van der Waals surface area contributed by atoms with E-state index in [1.165, 1.54) is 22.3 Å². The molecule has 1 aliphatic carbocycles. The van der Waals surface area contributed by atoms with E-state index in [0.717, 1.165) is 25.0 Å². The number of pyridine rings is 1. The van der Waals surface area contributed by atoms with Gasteiger partial charge in [0, 0.05) is 29.9 Å². The number of allylic oxidation sites excluding steroid dienone is 5. The van der Waals surface area contributed by atoms with E-state index in [1.807, 2.05) is 12.3 Å². The Morgan fingerprint density at radius 1 is 1.24 bits per heavy atom. The molecule has 0 aromatic carbocycles. The average Bonchev–Trinajstić information content (AvgIpc) is 3.09. The van der Waals surface area contributed by atoms with Gasteiger partial charge in [0.05, 0.1) is 11.6 Å². The smallest absolute Gasteiger partial charge is 0.340 e. The maximum Gasteiger partial charge on any atom is 0.340 e. The minimum absolute atomic E-state index is 0.0837. The summed E-state index contributed by atoms with van der Waals surface area (Å²) in [5, 5.41) is 10.3. The van der Waals surface area contributed by atoms with Gasteiger partial charge in [-0.1, -0.05) is 11.6 Å². The average molecular weight is 392 g/mol. The molecule has 0 spiro atoms. The molecule has 4 heterocycles. The van der Waals surface area contributed by atoms with Crippen LogP contribution in [0.15, 0.2) is 50.3 Å². The first-order valence-electron chi connectivity index (χ1n) is 10.2. The van der Waals surface area contributed by atoms with Gasteiger partial charge in [-0.05, 0) is 62.0 Å². The second-order valence-corrected chi connectivity index (χ2v) is 8.35. The lowest BCUT2D eigenvalue weighted by molar-refractivity contribution is -0.157. The van der Waals surface area contributed by atoms with E-state index in [1.54, 1.807) is 10.6 Å². The van der Waals surface area contributed by atoms with Gasteiger partial charge in [0.1, 0.15) is 6.61 Å². The van der Waals surface area contributed by atoms with Crippen molar-refractivity contribution in [3.8, 4) is 0 Å². The summed E-state index contributed by atoms with van der Waals surface area (Å²) in [4.78, 5) is 29.8. The predicted molar refractivity (Wildman–Crippen MR) is 109 cm³/mol. The van der Waals surface area contributed by atoms with Crippen molar-refractivity contribution in [1.82, 2.24) is 4.57 Å². The van der Waals surface area contributed by atoms with Crippen molar-refractivity contribution in [2.24, 2.45) is 10.9 Å². The Kier molecular flexibility index (Phi) is 4.21. The third-order valence-electron chi connectivity index (χ3n) is 6.80.